The number of oxazole rings is 1. The number of rotatable bonds is 5. The van der Waals surface area contributed by atoms with Crippen LogP contribution in [0.4, 0.5) is 5.69 Å². The molecule has 3 aromatic rings. The quantitative estimate of drug-likeness (QED) is 0.586. The topological polar surface area (TPSA) is 49.6 Å². The highest BCUT2D eigenvalue weighted by Crippen LogP contribution is 2.24. The Morgan fingerprint density at radius 1 is 1.07 bits per heavy atom. The minimum absolute atomic E-state index is 0.145. The van der Waals surface area contributed by atoms with E-state index < -0.39 is 0 Å². The van der Waals surface area contributed by atoms with Crippen LogP contribution in [0.15, 0.2) is 53.1 Å². The van der Waals surface area contributed by atoms with Crippen molar-refractivity contribution in [1.29, 1.82) is 0 Å². The zero-order chi connectivity index (χ0) is 21.1. The number of carbonyl (C=O) groups is 1. The zero-order valence-corrected chi connectivity index (χ0v) is 18.2. The van der Waals surface area contributed by atoms with Gasteiger partial charge in [-0.25, -0.2) is 4.98 Å². The fourth-order valence-electron chi connectivity index (χ4n) is 3.71. The summed E-state index contributed by atoms with van der Waals surface area (Å²) in [6.07, 6.45) is 2.66. The molecule has 2 heterocycles. The summed E-state index contributed by atoms with van der Waals surface area (Å²) in [5, 5.41) is 0.733. The highest BCUT2D eigenvalue weighted by atomic mass is 35.5. The molecule has 2 aromatic carbocycles. The zero-order valence-electron chi connectivity index (χ0n) is 17.4. The summed E-state index contributed by atoms with van der Waals surface area (Å²) in [7, 11) is 0. The van der Waals surface area contributed by atoms with Gasteiger partial charge in [-0.15, -0.1) is 0 Å². The van der Waals surface area contributed by atoms with E-state index in [-0.39, 0.29) is 5.91 Å². The first kappa shape index (κ1) is 20.5. The predicted octanol–water partition coefficient (Wildman–Crippen LogP) is 4.89. The third-order valence-electron chi connectivity index (χ3n) is 5.70. The molecule has 1 fully saturated rings. The minimum atomic E-state index is 0.145. The molecule has 1 aromatic heterocycles. The van der Waals surface area contributed by atoms with Gasteiger partial charge in [0.25, 0.3) is 0 Å². The van der Waals surface area contributed by atoms with Crippen molar-refractivity contribution in [2.45, 2.75) is 26.7 Å². The van der Waals surface area contributed by atoms with Gasteiger partial charge in [-0.1, -0.05) is 29.8 Å². The van der Waals surface area contributed by atoms with Crippen molar-refractivity contribution < 1.29 is 9.21 Å². The van der Waals surface area contributed by atoms with Crippen LogP contribution in [0.3, 0.4) is 0 Å². The van der Waals surface area contributed by atoms with Crippen LogP contribution < -0.4 is 4.90 Å². The van der Waals surface area contributed by atoms with Gasteiger partial charge in [0.2, 0.25) is 5.91 Å². The lowest BCUT2D eigenvalue weighted by Gasteiger charge is -2.36. The Morgan fingerprint density at radius 2 is 1.87 bits per heavy atom. The molecular weight excluding hydrogens is 398 g/mol. The number of amides is 1. The van der Waals surface area contributed by atoms with E-state index in [2.05, 4.69) is 41.9 Å². The fraction of sp³-hybridized carbons (Fsp3) is 0.333. The lowest BCUT2D eigenvalue weighted by molar-refractivity contribution is -0.131. The Morgan fingerprint density at radius 3 is 2.60 bits per heavy atom. The second-order valence-electron chi connectivity index (χ2n) is 7.76. The van der Waals surface area contributed by atoms with Gasteiger partial charge < -0.3 is 14.2 Å². The average molecular weight is 424 g/mol. The van der Waals surface area contributed by atoms with E-state index in [4.69, 9.17) is 16.0 Å². The summed E-state index contributed by atoms with van der Waals surface area (Å²) >= 11 is 6.09. The Kier molecular flexibility index (Phi) is 6.09. The third-order valence-corrected chi connectivity index (χ3v) is 5.94. The smallest absolute Gasteiger partial charge is 0.223 e. The molecule has 0 spiro atoms. The molecule has 5 nitrogen and oxygen atoms in total. The SMILES string of the molecule is Cc1ccc(-c2cnc(CCC(=O)N3CCN(c4cccc(Cl)c4)CC3)o2)cc1C. The lowest BCUT2D eigenvalue weighted by Crippen LogP contribution is -2.48. The Hall–Kier alpha value is -2.79. The summed E-state index contributed by atoms with van der Waals surface area (Å²) in [4.78, 5) is 21.2. The number of nitrogens with zero attached hydrogens (tertiary/aromatic N) is 3. The molecule has 0 unspecified atom stereocenters. The van der Waals surface area contributed by atoms with Gasteiger partial charge in [0.05, 0.1) is 6.20 Å². The van der Waals surface area contributed by atoms with Crippen molar-refractivity contribution in [1.82, 2.24) is 9.88 Å². The van der Waals surface area contributed by atoms with Gasteiger partial charge in [0, 0.05) is 55.3 Å². The van der Waals surface area contributed by atoms with Crippen LogP contribution in [-0.2, 0) is 11.2 Å². The maximum absolute atomic E-state index is 12.6. The monoisotopic (exact) mass is 423 g/mol. The second-order valence-corrected chi connectivity index (χ2v) is 8.20. The molecule has 0 bridgehead atoms. The first-order valence-corrected chi connectivity index (χ1v) is 10.7. The first-order valence-electron chi connectivity index (χ1n) is 10.3. The molecule has 1 aliphatic rings. The van der Waals surface area contributed by atoms with Crippen molar-refractivity contribution in [2.24, 2.45) is 0 Å². The fourth-order valence-corrected chi connectivity index (χ4v) is 3.90. The summed E-state index contributed by atoms with van der Waals surface area (Å²) in [6.45, 7) is 7.21. The molecule has 0 atom stereocenters. The van der Waals surface area contributed by atoms with Gasteiger partial charge in [-0.3, -0.25) is 4.79 Å². The summed E-state index contributed by atoms with van der Waals surface area (Å²) in [5.74, 6) is 1.50. The highest BCUT2D eigenvalue weighted by molar-refractivity contribution is 6.30. The maximum atomic E-state index is 12.6. The normalized spacial score (nSPS) is 14.2. The molecule has 0 radical (unpaired) electrons. The summed E-state index contributed by atoms with van der Waals surface area (Å²) < 4.78 is 5.89. The molecule has 0 aliphatic carbocycles. The van der Waals surface area contributed by atoms with Crippen LogP contribution in [0.2, 0.25) is 5.02 Å². The molecule has 4 rings (SSSR count). The number of halogens is 1. The molecule has 1 aliphatic heterocycles. The number of aryl methyl sites for hydroxylation is 3. The maximum Gasteiger partial charge on any atom is 0.223 e. The molecule has 1 saturated heterocycles. The van der Waals surface area contributed by atoms with Gasteiger partial charge in [0.15, 0.2) is 11.7 Å². The number of anilines is 1. The Bertz CT molecular complexity index is 1040. The van der Waals surface area contributed by atoms with E-state index in [1.165, 1.54) is 11.1 Å². The van der Waals surface area contributed by atoms with Crippen LogP contribution in [0.25, 0.3) is 11.3 Å². The largest absolute Gasteiger partial charge is 0.441 e. The van der Waals surface area contributed by atoms with Crippen molar-refractivity contribution >= 4 is 23.2 Å². The highest BCUT2D eigenvalue weighted by Gasteiger charge is 2.21. The Labute approximate surface area is 182 Å². The van der Waals surface area contributed by atoms with E-state index in [0.29, 0.717) is 31.8 Å². The van der Waals surface area contributed by atoms with E-state index in [1.54, 1.807) is 6.20 Å². The van der Waals surface area contributed by atoms with Crippen molar-refractivity contribution in [2.75, 3.05) is 31.1 Å². The van der Waals surface area contributed by atoms with Gasteiger partial charge >= 0.3 is 0 Å². The van der Waals surface area contributed by atoms with Crippen LogP contribution in [0, 0.1) is 13.8 Å². The van der Waals surface area contributed by atoms with Crippen LogP contribution in [0.5, 0.6) is 0 Å². The molecule has 1 amide bonds. The number of hydrogen-bond donors (Lipinski definition) is 0. The summed E-state index contributed by atoms with van der Waals surface area (Å²) in [6, 6.07) is 14.1. The van der Waals surface area contributed by atoms with Crippen molar-refractivity contribution in [3.63, 3.8) is 0 Å². The second kappa shape index (κ2) is 8.92. The van der Waals surface area contributed by atoms with E-state index >= 15 is 0 Å². The number of piperazine rings is 1. The number of aromatic nitrogens is 1. The molecule has 6 heteroatoms. The first-order chi connectivity index (χ1) is 14.5. The van der Waals surface area contributed by atoms with Gasteiger partial charge in [-0.2, -0.15) is 0 Å². The van der Waals surface area contributed by atoms with E-state index in [9.17, 15) is 4.79 Å². The van der Waals surface area contributed by atoms with E-state index in [0.717, 1.165) is 35.1 Å². The van der Waals surface area contributed by atoms with Crippen molar-refractivity contribution in [3.05, 3.63) is 70.7 Å². The summed E-state index contributed by atoms with van der Waals surface area (Å²) in [5.41, 5.74) is 4.59. The molecule has 156 valence electrons. The molecule has 30 heavy (non-hydrogen) atoms. The van der Waals surface area contributed by atoms with Gasteiger partial charge in [0.1, 0.15) is 0 Å². The van der Waals surface area contributed by atoms with Gasteiger partial charge in [-0.05, 0) is 49.2 Å². The molecule has 0 N–H and O–H groups in total. The van der Waals surface area contributed by atoms with Crippen LogP contribution >= 0.6 is 11.6 Å². The standard InChI is InChI=1S/C24H26ClN3O2/c1-17-6-7-19(14-18(17)2)22-16-26-23(30-22)8-9-24(29)28-12-10-27(11-13-28)21-5-3-4-20(25)15-21/h3-7,14-16H,8-13H2,1-2H3. The number of benzene rings is 2. The molecular formula is C24H26ClN3O2. The number of hydrogen-bond acceptors (Lipinski definition) is 4. The Balaban J connectivity index is 1.29. The predicted molar refractivity (Wildman–Crippen MR) is 120 cm³/mol. The van der Waals surface area contributed by atoms with Crippen LogP contribution in [0.1, 0.15) is 23.4 Å². The average Bonchev–Trinajstić information content (AvgIpc) is 3.23. The minimum Gasteiger partial charge on any atom is -0.441 e. The lowest BCUT2D eigenvalue weighted by atomic mass is 10.1. The number of carbonyl (C=O) groups excluding carboxylic acids is 1. The van der Waals surface area contributed by atoms with E-state index in [1.807, 2.05) is 29.2 Å². The molecule has 0 saturated carbocycles. The third kappa shape index (κ3) is 4.68. The van der Waals surface area contributed by atoms with Crippen LogP contribution in [-0.4, -0.2) is 42.0 Å². The van der Waals surface area contributed by atoms with Crippen molar-refractivity contribution in [3.8, 4) is 11.3 Å².